The highest BCUT2D eigenvalue weighted by atomic mass is 16.5. The monoisotopic (exact) mass is 372 g/mol. The molecule has 140 valence electrons. The molecule has 0 unspecified atom stereocenters. The fourth-order valence-electron chi connectivity index (χ4n) is 3.15. The number of Topliss-reactive ketones (excluding diaryl/α,β-unsaturated/α-hetero) is 1. The lowest BCUT2D eigenvalue weighted by molar-refractivity contribution is 0.101. The molecule has 0 N–H and O–H groups in total. The summed E-state index contributed by atoms with van der Waals surface area (Å²) in [6.45, 7) is 3.66. The summed E-state index contributed by atoms with van der Waals surface area (Å²) in [4.78, 5) is 16.2. The van der Waals surface area contributed by atoms with Gasteiger partial charge in [0.1, 0.15) is 0 Å². The van der Waals surface area contributed by atoms with Gasteiger partial charge in [0.2, 0.25) is 5.82 Å². The van der Waals surface area contributed by atoms with Crippen LogP contribution in [0.2, 0.25) is 0 Å². The van der Waals surface area contributed by atoms with Crippen LogP contribution in [0.25, 0.3) is 28.5 Å². The van der Waals surface area contributed by atoms with Crippen molar-refractivity contribution in [3.05, 3.63) is 72.1 Å². The molecule has 0 aliphatic carbocycles. The summed E-state index contributed by atoms with van der Waals surface area (Å²) < 4.78 is 7.46. The summed E-state index contributed by atoms with van der Waals surface area (Å²) in [7, 11) is 0. The Morgan fingerprint density at radius 2 is 1.93 bits per heavy atom. The minimum Gasteiger partial charge on any atom is -0.333 e. The van der Waals surface area contributed by atoms with Gasteiger partial charge < -0.3 is 4.52 Å². The van der Waals surface area contributed by atoms with E-state index < -0.39 is 0 Å². The molecule has 4 aromatic rings. The molecular formula is C22H20N4O2. The minimum absolute atomic E-state index is 0.0000575. The van der Waals surface area contributed by atoms with Gasteiger partial charge in [0.25, 0.3) is 5.89 Å². The van der Waals surface area contributed by atoms with Gasteiger partial charge in [0.05, 0.1) is 23.1 Å². The second-order valence-corrected chi connectivity index (χ2v) is 6.56. The van der Waals surface area contributed by atoms with Gasteiger partial charge in [-0.15, -0.1) is 0 Å². The number of hydrogen-bond donors (Lipinski definition) is 0. The molecule has 4 rings (SSSR count). The fourth-order valence-corrected chi connectivity index (χ4v) is 3.15. The van der Waals surface area contributed by atoms with E-state index in [1.54, 1.807) is 18.3 Å². The molecule has 0 spiro atoms. The van der Waals surface area contributed by atoms with Crippen LogP contribution in [-0.4, -0.2) is 25.7 Å². The van der Waals surface area contributed by atoms with E-state index in [0.29, 0.717) is 17.3 Å². The number of carbonyl (C=O) groups excluding carboxylic acids is 1. The van der Waals surface area contributed by atoms with Crippen LogP contribution in [0.4, 0.5) is 0 Å². The maximum atomic E-state index is 11.6. The number of carbonyl (C=O) groups is 1. The van der Waals surface area contributed by atoms with Gasteiger partial charge in [0, 0.05) is 11.1 Å². The first-order valence-corrected chi connectivity index (χ1v) is 9.25. The van der Waals surface area contributed by atoms with E-state index in [1.165, 1.54) is 6.92 Å². The molecule has 0 radical (unpaired) electrons. The van der Waals surface area contributed by atoms with Gasteiger partial charge in [-0.25, -0.2) is 4.68 Å². The predicted molar refractivity (Wildman–Crippen MR) is 106 cm³/mol. The lowest BCUT2D eigenvalue weighted by atomic mass is 10.1. The quantitative estimate of drug-likeness (QED) is 0.457. The molecule has 6 nitrogen and oxygen atoms in total. The summed E-state index contributed by atoms with van der Waals surface area (Å²) in [6.07, 6.45) is 3.57. The Labute approximate surface area is 162 Å². The van der Waals surface area contributed by atoms with E-state index in [1.807, 2.05) is 47.1 Å². The maximum Gasteiger partial charge on any atom is 0.261 e. The Morgan fingerprint density at radius 1 is 1.11 bits per heavy atom. The zero-order valence-corrected chi connectivity index (χ0v) is 15.8. The Morgan fingerprint density at radius 3 is 2.68 bits per heavy atom. The highest BCUT2D eigenvalue weighted by Gasteiger charge is 2.19. The standard InChI is InChI=1S/C22H20N4O2/c1-3-8-20-19(14-23-26(20)18-11-5-4-6-12-18)22-24-21(25-28-22)17-10-7-9-16(13-17)15(2)27/h4-7,9-14H,3,8H2,1-2H3. The van der Waals surface area contributed by atoms with Gasteiger partial charge in [-0.05, 0) is 31.5 Å². The van der Waals surface area contributed by atoms with Gasteiger partial charge >= 0.3 is 0 Å². The van der Waals surface area contributed by atoms with Crippen LogP contribution >= 0.6 is 0 Å². The smallest absolute Gasteiger partial charge is 0.261 e. The summed E-state index contributed by atoms with van der Waals surface area (Å²) in [5.41, 5.74) is 4.21. The maximum absolute atomic E-state index is 11.6. The van der Waals surface area contributed by atoms with Crippen LogP contribution in [0.15, 0.2) is 65.3 Å². The van der Waals surface area contributed by atoms with E-state index >= 15 is 0 Å². The summed E-state index contributed by atoms with van der Waals surface area (Å²) in [5, 5.41) is 8.66. The Kier molecular flexibility index (Phi) is 4.85. The van der Waals surface area contributed by atoms with E-state index in [-0.39, 0.29) is 5.78 Å². The lowest BCUT2D eigenvalue weighted by Crippen LogP contribution is -2.02. The third-order valence-corrected chi connectivity index (χ3v) is 4.54. The van der Waals surface area contributed by atoms with Crippen molar-refractivity contribution in [1.29, 1.82) is 0 Å². The van der Waals surface area contributed by atoms with Gasteiger partial charge in [0.15, 0.2) is 5.78 Å². The number of para-hydroxylation sites is 1. The lowest BCUT2D eigenvalue weighted by Gasteiger charge is -2.07. The van der Waals surface area contributed by atoms with Crippen LogP contribution in [-0.2, 0) is 6.42 Å². The van der Waals surface area contributed by atoms with Crippen LogP contribution in [0, 0.1) is 0 Å². The number of hydrogen-bond acceptors (Lipinski definition) is 5. The zero-order chi connectivity index (χ0) is 19.5. The number of ketones is 1. The van der Waals surface area contributed by atoms with Crippen LogP contribution < -0.4 is 0 Å². The zero-order valence-electron chi connectivity index (χ0n) is 15.8. The average Bonchev–Trinajstić information content (AvgIpc) is 3.36. The van der Waals surface area contributed by atoms with Crippen molar-refractivity contribution in [3.8, 4) is 28.5 Å². The van der Waals surface area contributed by atoms with Crippen molar-refractivity contribution in [1.82, 2.24) is 19.9 Å². The second kappa shape index (κ2) is 7.60. The minimum atomic E-state index is -0.0000575. The van der Waals surface area contributed by atoms with Crippen molar-refractivity contribution < 1.29 is 9.32 Å². The van der Waals surface area contributed by atoms with Crippen molar-refractivity contribution in [2.45, 2.75) is 26.7 Å². The SMILES string of the molecule is CCCc1c(-c2nc(-c3cccc(C(C)=O)c3)no2)cnn1-c1ccccc1. The largest absolute Gasteiger partial charge is 0.333 e. The topological polar surface area (TPSA) is 73.8 Å². The summed E-state index contributed by atoms with van der Waals surface area (Å²) >= 11 is 0. The third-order valence-electron chi connectivity index (χ3n) is 4.54. The molecule has 0 saturated heterocycles. The van der Waals surface area contributed by atoms with Crippen LogP contribution in [0.1, 0.15) is 36.3 Å². The molecule has 28 heavy (non-hydrogen) atoms. The van der Waals surface area contributed by atoms with Gasteiger partial charge in [-0.2, -0.15) is 10.1 Å². The highest BCUT2D eigenvalue weighted by Crippen LogP contribution is 2.28. The van der Waals surface area contributed by atoms with Crippen molar-refractivity contribution in [2.75, 3.05) is 0 Å². The Bertz CT molecular complexity index is 1110. The van der Waals surface area contributed by atoms with Crippen molar-refractivity contribution >= 4 is 5.78 Å². The molecule has 0 fully saturated rings. The van der Waals surface area contributed by atoms with E-state index in [2.05, 4.69) is 22.2 Å². The number of rotatable bonds is 6. The molecule has 0 amide bonds. The molecular weight excluding hydrogens is 352 g/mol. The second-order valence-electron chi connectivity index (χ2n) is 6.56. The highest BCUT2D eigenvalue weighted by molar-refractivity contribution is 5.95. The van der Waals surface area contributed by atoms with Gasteiger partial charge in [-0.1, -0.05) is 54.9 Å². The predicted octanol–water partition coefficient (Wildman–Crippen LogP) is 4.74. The molecule has 0 aliphatic rings. The normalized spacial score (nSPS) is 10.9. The first kappa shape index (κ1) is 17.9. The van der Waals surface area contributed by atoms with Crippen LogP contribution in [0.5, 0.6) is 0 Å². The molecule has 2 aromatic heterocycles. The van der Waals surface area contributed by atoms with E-state index in [9.17, 15) is 4.79 Å². The first-order chi connectivity index (χ1) is 13.7. The first-order valence-electron chi connectivity index (χ1n) is 9.25. The number of benzene rings is 2. The third kappa shape index (κ3) is 3.36. The van der Waals surface area contributed by atoms with Crippen molar-refractivity contribution in [2.24, 2.45) is 0 Å². The molecule has 0 saturated carbocycles. The Balaban J connectivity index is 1.74. The van der Waals surface area contributed by atoms with E-state index in [0.717, 1.165) is 35.3 Å². The van der Waals surface area contributed by atoms with Crippen LogP contribution in [0.3, 0.4) is 0 Å². The fraction of sp³-hybridized carbons (Fsp3) is 0.182. The Hall–Kier alpha value is -3.54. The summed E-state index contributed by atoms with van der Waals surface area (Å²) in [5.74, 6) is 0.877. The molecule has 6 heteroatoms. The van der Waals surface area contributed by atoms with Gasteiger partial charge in [-0.3, -0.25) is 4.79 Å². The number of nitrogens with zero attached hydrogens (tertiary/aromatic N) is 4. The average molecular weight is 372 g/mol. The summed E-state index contributed by atoms with van der Waals surface area (Å²) in [6, 6.07) is 17.2. The van der Waals surface area contributed by atoms with E-state index in [4.69, 9.17) is 4.52 Å². The molecule has 0 bridgehead atoms. The molecule has 2 heterocycles. The molecule has 0 atom stereocenters. The van der Waals surface area contributed by atoms with Crippen molar-refractivity contribution in [3.63, 3.8) is 0 Å². The molecule has 2 aromatic carbocycles. The number of aromatic nitrogens is 4. The molecule has 0 aliphatic heterocycles.